The normalized spacial score (nSPS) is 20.8. The molecular weight excluding hydrogens is 438 g/mol. The summed E-state index contributed by atoms with van der Waals surface area (Å²) in [5.41, 5.74) is 0.518. The first-order valence-electron chi connectivity index (χ1n) is 10.2. The lowest BCUT2D eigenvalue weighted by molar-refractivity contribution is 0.0318. The molecule has 0 aromatic heterocycles. The zero-order valence-corrected chi connectivity index (χ0v) is 19.3. The van der Waals surface area contributed by atoms with Crippen LogP contribution in [-0.2, 0) is 14.8 Å². The van der Waals surface area contributed by atoms with Gasteiger partial charge in [0.05, 0.1) is 10.5 Å². The molecule has 2 aromatic carbocycles. The smallest absolute Gasteiger partial charge is 0.338 e. The number of Topliss-reactive ketones (excluding diaryl/α,β-unsaturated/α-hetero) is 1. The van der Waals surface area contributed by atoms with Gasteiger partial charge in [-0.15, -0.1) is 0 Å². The van der Waals surface area contributed by atoms with Crippen molar-refractivity contribution in [3.63, 3.8) is 0 Å². The average molecular weight is 464 g/mol. The van der Waals surface area contributed by atoms with Gasteiger partial charge in [0.1, 0.15) is 0 Å². The van der Waals surface area contributed by atoms with Crippen LogP contribution in [0.25, 0.3) is 0 Å². The molecule has 166 valence electrons. The Labute approximate surface area is 188 Å². The van der Waals surface area contributed by atoms with E-state index < -0.39 is 22.1 Å². The summed E-state index contributed by atoms with van der Waals surface area (Å²) in [5, 5.41) is 0.415. The molecule has 1 aliphatic rings. The molecule has 0 radical (unpaired) electrons. The third-order valence-electron chi connectivity index (χ3n) is 5.33. The summed E-state index contributed by atoms with van der Waals surface area (Å²) in [7, 11) is -3.63. The van der Waals surface area contributed by atoms with Crippen LogP contribution < -0.4 is 0 Å². The van der Waals surface area contributed by atoms with E-state index in [-0.39, 0.29) is 16.2 Å². The van der Waals surface area contributed by atoms with E-state index in [0.717, 1.165) is 6.42 Å². The number of ether oxygens (including phenoxy) is 1. The van der Waals surface area contributed by atoms with Gasteiger partial charge in [0, 0.05) is 23.7 Å². The molecule has 3 unspecified atom stereocenters. The summed E-state index contributed by atoms with van der Waals surface area (Å²) in [5.74, 6) is -0.479. The lowest BCUT2D eigenvalue weighted by Gasteiger charge is -2.34. The SMILES string of the molecule is CC1CC(C)CN(S(=O)(=O)c2ccc(C(=O)OC(C)C(=O)c3cccc(Cl)c3)cc2)C1. The molecule has 8 heteroatoms. The maximum atomic E-state index is 13.0. The molecule has 0 N–H and O–H groups in total. The number of carbonyl (C=O) groups excluding carboxylic acids is 2. The van der Waals surface area contributed by atoms with Gasteiger partial charge in [-0.1, -0.05) is 37.6 Å². The molecule has 0 saturated carbocycles. The van der Waals surface area contributed by atoms with Crippen molar-refractivity contribution in [3.05, 3.63) is 64.7 Å². The first-order chi connectivity index (χ1) is 14.6. The molecule has 1 fully saturated rings. The van der Waals surface area contributed by atoms with Crippen LogP contribution >= 0.6 is 11.6 Å². The molecule has 1 aliphatic heterocycles. The Morgan fingerprint density at radius 2 is 1.65 bits per heavy atom. The molecule has 2 aromatic rings. The van der Waals surface area contributed by atoms with Gasteiger partial charge >= 0.3 is 5.97 Å². The van der Waals surface area contributed by atoms with E-state index in [1.54, 1.807) is 18.2 Å². The fourth-order valence-electron chi connectivity index (χ4n) is 3.87. The van der Waals surface area contributed by atoms with Gasteiger partial charge in [-0.05, 0) is 61.6 Å². The highest BCUT2D eigenvalue weighted by atomic mass is 35.5. The molecule has 1 saturated heterocycles. The van der Waals surface area contributed by atoms with Crippen LogP contribution in [0.4, 0.5) is 0 Å². The maximum absolute atomic E-state index is 13.0. The number of benzene rings is 2. The number of piperidine rings is 1. The van der Waals surface area contributed by atoms with Crippen molar-refractivity contribution in [1.82, 2.24) is 4.31 Å². The van der Waals surface area contributed by atoms with Crippen molar-refractivity contribution in [2.24, 2.45) is 11.8 Å². The van der Waals surface area contributed by atoms with Gasteiger partial charge in [-0.2, -0.15) is 4.31 Å². The van der Waals surface area contributed by atoms with Crippen LogP contribution in [0.5, 0.6) is 0 Å². The number of sulfonamides is 1. The van der Waals surface area contributed by atoms with Crippen LogP contribution in [0.15, 0.2) is 53.4 Å². The second-order valence-corrected chi connectivity index (χ2v) is 10.6. The summed E-state index contributed by atoms with van der Waals surface area (Å²) in [4.78, 5) is 25.0. The minimum atomic E-state index is -3.63. The highest BCUT2D eigenvalue weighted by Gasteiger charge is 2.31. The molecule has 0 amide bonds. The second-order valence-electron chi connectivity index (χ2n) is 8.21. The highest BCUT2D eigenvalue weighted by molar-refractivity contribution is 7.89. The molecule has 3 atom stereocenters. The fraction of sp³-hybridized carbons (Fsp3) is 0.391. The summed E-state index contributed by atoms with van der Waals surface area (Å²) < 4.78 is 32.7. The van der Waals surface area contributed by atoms with Gasteiger partial charge in [0.2, 0.25) is 15.8 Å². The lowest BCUT2D eigenvalue weighted by atomic mass is 9.94. The van der Waals surface area contributed by atoms with Gasteiger partial charge in [-0.3, -0.25) is 4.79 Å². The topological polar surface area (TPSA) is 80.8 Å². The van der Waals surface area contributed by atoms with Gasteiger partial charge in [-0.25, -0.2) is 13.2 Å². The quantitative estimate of drug-likeness (QED) is 0.467. The Morgan fingerprint density at radius 3 is 2.23 bits per heavy atom. The average Bonchev–Trinajstić information content (AvgIpc) is 2.72. The van der Waals surface area contributed by atoms with Gasteiger partial charge in [0.15, 0.2) is 6.10 Å². The first kappa shape index (κ1) is 23.4. The molecule has 0 aliphatic carbocycles. The summed E-state index contributed by atoms with van der Waals surface area (Å²) in [6.07, 6.45) is -0.00574. The molecule has 1 heterocycles. The van der Waals surface area contributed by atoms with Crippen molar-refractivity contribution < 1.29 is 22.7 Å². The van der Waals surface area contributed by atoms with Gasteiger partial charge in [0.25, 0.3) is 0 Å². The van der Waals surface area contributed by atoms with Crippen LogP contribution in [0.3, 0.4) is 0 Å². The minimum Gasteiger partial charge on any atom is -0.451 e. The standard InChI is InChI=1S/C23H26ClNO5S/c1-15-11-16(2)14-25(13-15)31(28,29)21-9-7-18(8-10-21)23(27)30-17(3)22(26)19-5-4-6-20(24)12-19/h4-10,12,15-17H,11,13-14H2,1-3H3. The monoisotopic (exact) mass is 463 g/mol. The summed E-state index contributed by atoms with van der Waals surface area (Å²) in [6.45, 7) is 6.55. The van der Waals surface area contributed by atoms with Crippen LogP contribution in [0.1, 0.15) is 47.9 Å². The summed E-state index contributed by atoms with van der Waals surface area (Å²) in [6, 6.07) is 12.0. The van der Waals surface area contributed by atoms with E-state index in [1.165, 1.54) is 41.6 Å². The second kappa shape index (κ2) is 9.51. The van der Waals surface area contributed by atoms with Crippen molar-refractivity contribution in [2.45, 2.75) is 38.2 Å². The number of hydrogen-bond acceptors (Lipinski definition) is 5. The van der Waals surface area contributed by atoms with E-state index in [9.17, 15) is 18.0 Å². The molecule has 31 heavy (non-hydrogen) atoms. The van der Waals surface area contributed by atoms with Crippen molar-refractivity contribution in [2.75, 3.05) is 13.1 Å². The summed E-state index contributed by atoms with van der Waals surface area (Å²) >= 11 is 5.91. The van der Waals surface area contributed by atoms with Crippen LogP contribution in [0.2, 0.25) is 5.02 Å². The first-order valence-corrected chi connectivity index (χ1v) is 12.0. The predicted molar refractivity (Wildman–Crippen MR) is 119 cm³/mol. The Bertz CT molecular complexity index is 1060. The minimum absolute atomic E-state index is 0.133. The Balaban J connectivity index is 1.69. The van der Waals surface area contributed by atoms with Gasteiger partial charge < -0.3 is 4.74 Å². The number of nitrogens with zero attached hydrogens (tertiary/aromatic N) is 1. The van der Waals surface area contributed by atoms with E-state index in [4.69, 9.17) is 16.3 Å². The van der Waals surface area contributed by atoms with E-state index in [1.807, 2.05) is 13.8 Å². The van der Waals surface area contributed by atoms with Crippen LogP contribution in [0, 0.1) is 11.8 Å². The molecule has 3 rings (SSSR count). The highest BCUT2D eigenvalue weighted by Crippen LogP contribution is 2.27. The number of halogens is 1. The van der Waals surface area contributed by atoms with Crippen molar-refractivity contribution in [1.29, 1.82) is 0 Å². The number of rotatable bonds is 6. The van der Waals surface area contributed by atoms with E-state index in [2.05, 4.69) is 0 Å². The largest absolute Gasteiger partial charge is 0.451 e. The van der Waals surface area contributed by atoms with E-state index in [0.29, 0.717) is 35.5 Å². The molecular formula is C23H26ClNO5S. The zero-order chi connectivity index (χ0) is 22.8. The third-order valence-corrected chi connectivity index (χ3v) is 7.41. The predicted octanol–water partition coefficient (Wildman–Crippen LogP) is 4.43. The molecule has 6 nitrogen and oxygen atoms in total. The number of hydrogen-bond donors (Lipinski definition) is 0. The fourth-order valence-corrected chi connectivity index (χ4v) is 5.74. The zero-order valence-electron chi connectivity index (χ0n) is 17.7. The number of esters is 1. The third kappa shape index (κ3) is 5.53. The van der Waals surface area contributed by atoms with Crippen molar-refractivity contribution in [3.8, 4) is 0 Å². The Kier molecular flexibility index (Phi) is 7.19. The van der Waals surface area contributed by atoms with Crippen molar-refractivity contribution >= 4 is 33.4 Å². The number of carbonyl (C=O) groups is 2. The molecule has 0 bridgehead atoms. The maximum Gasteiger partial charge on any atom is 0.338 e. The number of ketones is 1. The van der Waals surface area contributed by atoms with E-state index >= 15 is 0 Å². The Morgan fingerprint density at radius 1 is 1.03 bits per heavy atom. The molecule has 0 spiro atoms. The Hall–Kier alpha value is -2.22. The lowest BCUT2D eigenvalue weighted by Crippen LogP contribution is -2.42. The van der Waals surface area contributed by atoms with Crippen LogP contribution in [-0.4, -0.2) is 43.7 Å².